The second-order valence-corrected chi connectivity index (χ2v) is 4.13. The molecule has 0 aromatic heterocycles. The van der Waals surface area contributed by atoms with Crippen molar-refractivity contribution < 1.29 is 14.3 Å². The molecule has 0 spiro atoms. The van der Waals surface area contributed by atoms with Gasteiger partial charge in [-0.15, -0.1) is 0 Å². The van der Waals surface area contributed by atoms with E-state index in [1.165, 1.54) is 0 Å². The predicted octanol–water partition coefficient (Wildman–Crippen LogP) is 3.45. The van der Waals surface area contributed by atoms with E-state index in [1.54, 1.807) is 6.07 Å². The maximum Gasteiger partial charge on any atom is 0.250 e. The molecule has 2 rings (SSSR count). The van der Waals surface area contributed by atoms with Gasteiger partial charge in [-0.05, 0) is 31.2 Å². The Bertz CT molecular complexity index is 555. The maximum atomic E-state index is 11.6. The van der Waals surface area contributed by atoms with Crippen molar-refractivity contribution >= 4 is 11.6 Å². The summed E-state index contributed by atoms with van der Waals surface area (Å²) in [5.74, 6) is 1.25. The lowest BCUT2D eigenvalue weighted by molar-refractivity contribution is -0.120. The molecule has 104 valence electrons. The number of benzene rings is 2. The van der Waals surface area contributed by atoms with Gasteiger partial charge < -0.3 is 14.8 Å². The van der Waals surface area contributed by atoms with E-state index < -0.39 is 0 Å². The zero-order valence-electron chi connectivity index (χ0n) is 11.3. The lowest BCUT2D eigenvalue weighted by atomic mass is 10.3. The topological polar surface area (TPSA) is 47.6 Å². The SMILES string of the molecule is CCOCC(=O)Nc1cccc(Oc2ccccc2)c1. The van der Waals surface area contributed by atoms with Crippen molar-refractivity contribution in [3.05, 3.63) is 54.6 Å². The molecule has 0 aliphatic heterocycles. The first-order valence-corrected chi connectivity index (χ1v) is 6.48. The number of anilines is 1. The van der Waals surface area contributed by atoms with E-state index in [2.05, 4.69) is 5.32 Å². The fourth-order valence-corrected chi connectivity index (χ4v) is 1.65. The van der Waals surface area contributed by atoms with E-state index in [4.69, 9.17) is 9.47 Å². The van der Waals surface area contributed by atoms with Crippen LogP contribution in [-0.4, -0.2) is 19.1 Å². The lowest BCUT2D eigenvalue weighted by Crippen LogP contribution is -2.18. The van der Waals surface area contributed by atoms with Crippen molar-refractivity contribution in [2.24, 2.45) is 0 Å². The van der Waals surface area contributed by atoms with Gasteiger partial charge in [0.15, 0.2) is 0 Å². The summed E-state index contributed by atoms with van der Waals surface area (Å²) < 4.78 is 10.7. The van der Waals surface area contributed by atoms with Gasteiger partial charge in [-0.25, -0.2) is 0 Å². The number of nitrogens with one attached hydrogen (secondary N) is 1. The largest absolute Gasteiger partial charge is 0.457 e. The maximum absolute atomic E-state index is 11.6. The number of rotatable bonds is 6. The minimum absolute atomic E-state index is 0.0558. The van der Waals surface area contributed by atoms with E-state index in [9.17, 15) is 4.79 Å². The monoisotopic (exact) mass is 271 g/mol. The first-order chi connectivity index (χ1) is 9.78. The van der Waals surface area contributed by atoms with E-state index in [0.29, 0.717) is 18.0 Å². The van der Waals surface area contributed by atoms with Crippen LogP contribution in [0.25, 0.3) is 0 Å². The van der Waals surface area contributed by atoms with Gasteiger partial charge in [-0.1, -0.05) is 24.3 Å². The minimum Gasteiger partial charge on any atom is -0.457 e. The van der Waals surface area contributed by atoms with E-state index >= 15 is 0 Å². The van der Waals surface area contributed by atoms with E-state index in [0.717, 1.165) is 5.75 Å². The summed E-state index contributed by atoms with van der Waals surface area (Å²) in [5, 5.41) is 2.76. The zero-order chi connectivity index (χ0) is 14.2. The number of amides is 1. The van der Waals surface area contributed by atoms with Crippen LogP contribution < -0.4 is 10.1 Å². The van der Waals surface area contributed by atoms with Gasteiger partial charge in [0, 0.05) is 18.4 Å². The van der Waals surface area contributed by atoms with Crippen LogP contribution in [0.3, 0.4) is 0 Å². The Morgan fingerprint density at radius 2 is 1.80 bits per heavy atom. The molecule has 4 nitrogen and oxygen atoms in total. The molecule has 0 fully saturated rings. The number of hydrogen-bond donors (Lipinski definition) is 1. The fourth-order valence-electron chi connectivity index (χ4n) is 1.65. The van der Waals surface area contributed by atoms with Gasteiger partial charge in [-0.3, -0.25) is 4.79 Å². The molecule has 0 radical (unpaired) electrons. The third kappa shape index (κ3) is 4.40. The molecular weight excluding hydrogens is 254 g/mol. The summed E-state index contributed by atoms with van der Waals surface area (Å²) in [6.07, 6.45) is 0. The number of carbonyl (C=O) groups is 1. The van der Waals surface area contributed by atoms with Crippen LogP contribution in [0, 0.1) is 0 Å². The molecule has 0 saturated heterocycles. The predicted molar refractivity (Wildman–Crippen MR) is 78.1 cm³/mol. The molecule has 20 heavy (non-hydrogen) atoms. The van der Waals surface area contributed by atoms with Gasteiger partial charge in [0.05, 0.1) is 0 Å². The molecule has 0 unspecified atom stereocenters. The zero-order valence-corrected chi connectivity index (χ0v) is 11.3. The summed E-state index contributed by atoms with van der Waals surface area (Å²) in [6, 6.07) is 16.7. The van der Waals surface area contributed by atoms with Crippen molar-refractivity contribution in [2.45, 2.75) is 6.92 Å². The molecule has 2 aromatic carbocycles. The smallest absolute Gasteiger partial charge is 0.250 e. The molecule has 0 aliphatic rings. The van der Waals surface area contributed by atoms with Gasteiger partial charge in [0.1, 0.15) is 18.1 Å². The van der Waals surface area contributed by atoms with E-state index in [1.807, 2.05) is 55.5 Å². The van der Waals surface area contributed by atoms with Crippen molar-refractivity contribution in [3.8, 4) is 11.5 Å². The van der Waals surface area contributed by atoms with Crippen molar-refractivity contribution in [1.29, 1.82) is 0 Å². The highest BCUT2D eigenvalue weighted by atomic mass is 16.5. The summed E-state index contributed by atoms with van der Waals surface area (Å²) in [6.45, 7) is 2.42. The van der Waals surface area contributed by atoms with Crippen LogP contribution in [-0.2, 0) is 9.53 Å². The van der Waals surface area contributed by atoms with Crippen LogP contribution in [0.15, 0.2) is 54.6 Å². The summed E-state index contributed by atoms with van der Waals surface area (Å²) >= 11 is 0. The third-order valence-corrected chi connectivity index (χ3v) is 2.53. The molecule has 1 amide bonds. The Hall–Kier alpha value is -2.33. The number of carbonyl (C=O) groups excluding carboxylic acids is 1. The molecular formula is C16H17NO3. The molecule has 1 N–H and O–H groups in total. The molecule has 0 bridgehead atoms. The average Bonchev–Trinajstić information content (AvgIpc) is 2.46. The van der Waals surface area contributed by atoms with Crippen molar-refractivity contribution in [1.82, 2.24) is 0 Å². The number of hydrogen-bond acceptors (Lipinski definition) is 3. The third-order valence-electron chi connectivity index (χ3n) is 2.53. The lowest BCUT2D eigenvalue weighted by Gasteiger charge is -2.09. The van der Waals surface area contributed by atoms with Crippen LogP contribution in [0.2, 0.25) is 0 Å². The van der Waals surface area contributed by atoms with Gasteiger partial charge in [0.2, 0.25) is 5.91 Å². The van der Waals surface area contributed by atoms with Crippen LogP contribution >= 0.6 is 0 Å². The van der Waals surface area contributed by atoms with E-state index in [-0.39, 0.29) is 12.5 Å². The Morgan fingerprint density at radius 3 is 2.55 bits per heavy atom. The van der Waals surface area contributed by atoms with Gasteiger partial charge in [0.25, 0.3) is 0 Å². The highest BCUT2D eigenvalue weighted by Crippen LogP contribution is 2.23. The van der Waals surface area contributed by atoms with Crippen molar-refractivity contribution in [3.63, 3.8) is 0 Å². The molecule has 0 heterocycles. The summed E-state index contributed by atoms with van der Waals surface area (Å²) in [7, 11) is 0. The Balaban J connectivity index is 1.99. The van der Waals surface area contributed by atoms with Crippen LogP contribution in [0.1, 0.15) is 6.92 Å². The number of ether oxygens (including phenoxy) is 2. The summed E-state index contributed by atoms with van der Waals surface area (Å²) in [4.78, 5) is 11.6. The molecule has 0 saturated carbocycles. The standard InChI is InChI=1S/C16H17NO3/c1-2-19-12-16(18)17-13-7-6-10-15(11-13)20-14-8-4-3-5-9-14/h3-11H,2,12H2,1H3,(H,17,18). The highest BCUT2D eigenvalue weighted by Gasteiger charge is 2.03. The van der Waals surface area contributed by atoms with Crippen LogP contribution in [0.5, 0.6) is 11.5 Å². The number of para-hydroxylation sites is 1. The molecule has 0 aliphatic carbocycles. The Morgan fingerprint density at radius 1 is 1.05 bits per heavy atom. The average molecular weight is 271 g/mol. The molecule has 0 atom stereocenters. The second-order valence-electron chi connectivity index (χ2n) is 4.13. The molecule has 2 aromatic rings. The quantitative estimate of drug-likeness (QED) is 0.875. The first kappa shape index (κ1) is 14.1. The fraction of sp³-hybridized carbons (Fsp3) is 0.188. The summed E-state index contributed by atoms with van der Waals surface area (Å²) in [5.41, 5.74) is 0.683. The first-order valence-electron chi connectivity index (χ1n) is 6.48. The Kier molecular flexibility index (Phi) is 5.15. The van der Waals surface area contributed by atoms with Gasteiger partial charge >= 0.3 is 0 Å². The molecule has 4 heteroatoms. The minimum atomic E-state index is -0.177. The van der Waals surface area contributed by atoms with Gasteiger partial charge in [-0.2, -0.15) is 0 Å². The van der Waals surface area contributed by atoms with Crippen molar-refractivity contribution in [2.75, 3.05) is 18.5 Å². The van der Waals surface area contributed by atoms with Crippen LogP contribution in [0.4, 0.5) is 5.69 Å². The Labute approximate surface area is 118 Å². The highest BCUT2D eigenvalue weighted by molar-refractivity contribution is 5.91. The normalized spacial score (nSPS) is 10.1. The second kappa shape index (κ2) is 7.31.